The molecule has 1 atom stereocenters. The highest BCUT2D eigenvalue weighted by molar-refractivity contribution is 5.71. The van der Waals surface area contributed by atoms with E-state index in [0.717, 1.165) is 109 Å². The van der Waals surface area contributed by atoms with Crippen LogP contribution in [0.5, 0.6) is 0 Å². The number of hydrogen-bond acceptors (Lipinski definition) is 6. The second kappa shape index (κ2) is 61.1. The van der Waals surface area contributed by atoms with Gasteiger partial charge in [0.1, 0.15) is 13.2 Å². The highest BCUT2D eigenvalue weighted by Gasteiger charge is 2.19. The van der Waals surface area contributed by atoms with Crippen LogP contribution in [0, 0.1) is 0 Å². The molecule has 0 aliphatic rings. The third-order valence-corrected chi connectivity index (χ3v) is 13.4. The predicted molar refractivity (Wildman–Crippen MR) is 316 cm³/mol. The van der Waals surface area contributed by atoms with Crippen molar-refractivity contribution in [2.75, 3.05) is 13.2 Å². The largest absolute Gasteiger partial charge is 0.462 e. The Balaban J connectivity index is 4.40. The van der Waals surface area contributed by atoms with E-state index < -0.39 is 6.10 Å². The minimum Gasteiger partial charge on any atom is -0.462 e. The first-order chi connectivity index (χ1) is 36.0. The van der Waals surface area contributed by atoms with Gasteiger partial charge in [-0.1, -0.05) is 273 Å². The highest BCUT2D eigenvalue weighted by Crippen LogP contribution is 2.17. The average Bonchev–Trinajstić information content (AvgIpc) is 3.39. The van der Waals surface area contributed by atoms with Crippen LogP contribution in [0.2, 0.25) is 0 Å². The predicted octanol–water partition coefficient (Wildman–Crippen LogP) is 21.1. The lowest BCUT2D eigenvalue weighted by Crippen LogP contribution is -2.30. The van der Waals surface area contributed by atoms with Crippen molar-refractivity contribution in [2.45, 2.75) is 309 Å². The second-order valence-electron chi connectivity index (χ2n) is 20.6. The van der Waals surface area contributed by atoms with E-state index in [9.17, 15) is 14.4 Å². The van der Waals surface area contributed by atoms with Crippen molar-refractivity contribution in [3.05, 3.63) is 85.1 Å². The van der Waals surface area contributed by atoms with E-state index in [-0.39, 0.29) is 31.1 Å². The molecule has 0 saturated heterocycles. The summed E-state index contributed by atoms with van der Waals surface area (Å²) in [5.74, 6) is -0.938. The number of carbonyl (C=O) groups excluding carboxylic acids is 3. The van der Waals surface area contributed by atoms with E-state index in [4.69, 9.17) is 14.2 Å². The zero-order chi connectivity index (χ0) is 52.9. The summed E-state index contributed by atoms with van der Waals surface area (Å²) in [4.78, 5) is 38.3. The Morgan fingerprint density at radius 2 is 0.534 bits per heavy atom. The molecule has 0 fully saturated rings. The number of esters is 3. The van der Waals surface area contributed by atoms with Gasteiger partial charge in [0, 0.05) is 19.3 Å². The Kier molecular flexibility index (Phi) is 58.3. The van der Waals surface area contributed by atoms with Crippen LogP contribution in [0.25, 0.3) is 0 Å². The van der Waals surface area contributed by atoms with Crippen LogP contribution in [0.15, 0.2) is 85.1 Å². The van der Waals surface area contributed by atoms with Crippen molar-refractivity contribution in [3.63, 3.8) is 0 Å². The van der Waals surface area contributed by atoms with Crippen LogP contribution >= 0.6 is 0 Å². The number of ether oxygens (including phenoxy) is 3. The molecule has 0 rings (SSSR count). The lowest BCUT2D eigenvalue weighted by molar-refractivity contribution is -0.167. The maximum absolute atomic E-state index is 12.9. The Morgan fingerprint density at radius 1 is 0.288 bits per heavy atom. The first kappa shape index (κ1) is 69.6. The molecule has 6 nitrogen and oxygen atoms in total. The molecule has 420 valence electrons. The fraction of sp³-hybridized carbons (Fsp3) is 0.746. The van der Waals surface area contributed by atoms with E-state index in [0.29, 0.717) is 19.3 Å². The van der Waals surface area contributed by atoms with Gasteiger partial charge in [-0.25, -0.2) is 0 Å². The number of allylic oxidation sites excluding steroid dienone is 14. The quantitative estimate of drug-likeness (QED) is 0.0261. The monoisotopic (exact) mass is 1020 g/mol. The molecule has 0 spiro atoms. The molecule has 0 aliphatic heterocycles. The second-order valence-corrected chi connectivity index (χ2v) is 20.6. The van der Waals surface area contributed by atoms with E-state index in [1.165, 1.54) is 154 Å². The van der Waals surface area contributed by atoms with Gasteiger partial charge in [0.25, 0.3) is 0 Å². The van der Waals surface area contributed by atoms with E-state index in [2.05, 4.69) is 106 Å². The third kappa shape index (κ3) is 59.3. The first-order valence-corrected chi connectivity index (χ1v) is 31.1. The average molecular weight is 1020 g/mol. The van der Waals surface area contributed by atoms with Gasteiger partial charge in [0.15, 0.2) is 6.10 Å². The number of unbranched alkanes of at least 4 members (excludes halogenated alkanes) is 31. The molecule has 0 bridgehead atoms. The maximum atomic E-state index is 12.9. The molecule has 0 saturated carbocycles. The van der Waals surface area contributed by atoms with Gasteiger partial charge in [-0.05, 0) is 96.3 Å². The summed E-state index contributed by atoms with van der Waals surface area (Å²) in [7, 11) is 0. The molecule has 1 unspecified atom stereocenters. The molecule has 6 heteroatoms. The SMILES string of the molecule is CC/C=C\C/C=C\C/C=C\C/C=C\CCCCC(=O)OCC(COC(=O)CCCCCCCCCCCCCCCCCCCCCCC)OC(=O)CCCCCCCC/C=C\C/C=C\C/C=C\CCCCC. The van der Waals surface area contributed by atoms with Crippen LogP contribution in [0.4, 0.5) is 0 Å². The van der Waals surface area contributed by atoms with Gasteiger partial charge in [-0.15, -0.1) is 0 Å². The molecular formula is C67H116O6. The number of carbonyl (C=O) groups is 3. The lowest BCUT2D eigenvalue weighted by atomic mass is 10.0. The number of rotatable bonds is 56. The molecule has 0 heterocycles. The summed E-state index contributed by atoms with van der Waals surface area (Å²) in [6, 6.07) is 0. The third-order valence-electron chi connectivity index (χ3n) is 13.4. The van der Waals surface area contributed by atoms with Gasteiger partial charge in [0.05, 0.1) is 0 Å². The summed E-state index contributed by atoms with van der Waals surface area (Å²) >= 11 is 0. The Morgan fingerprint density at radius 3 is 0.890 bits per heavy atom. The molecule has 73 heavy (non-hydrogen) atoms. The van der Waals surface area contributed by atoms with E-state index >= 15 is 0 Å². The van der Waals surface area contributed by atoms with Crippen molar-refractivity contribution in [1.29, 1.82) is 0 Å². The standard InChI is InChI=1S/C67H116O6/c1-4-7-10-13-16-19-22-25-28-30-32-33-35-36-39-42-45-48-51-54-57-60-66(69)72-63-64(62-71-65(68)59-56-53-50-47-44-41-38-27-24-21-18-15-12-9-6-3)73-67(70)61-58-55-52-49-46-43-40-37-34-31-29-26-23-20-17-14-11-8-5-2/h9,12,17-18,20-21,26-27,29,34,37-38,44,47,64H,4-8,10-11,13-16,19,22-25,28,30-33,35-36,39-43,45-46,48-63H2,1-3H3/b12-9-,20-17-,21-18-,29-26-,37-34-,38-27-,47-44-. The summed E-state index contributed by atoms with van der Waals surface area (Å²) in [6.45, 7) is 6.49. The summed E-state index contributed by atoms with van der Waals surface area (Å²) in [5.41, 5.74) is 0. The van der Waals surface area contributed by atoms with Gasteiger partial charge in [0.2, 0.25) is 0 Å². The lowest BCUT2D eigenvalue weighted by Gasteiger charge is -2.18. The van der Waals surface area contributed by atoms with Gasteiger partial charge in [-0.2, -0.15) is 0 Å². The van der Waals surface area contributed by atoms with Crippen molar-refractivity contribution in [2.24, 2.45) is 0 Å². The van der Waals surface area contributed by atoms with Gasteiger partial charge in [-0.3, -0.25) is 14.4 Å². The summed E-state index contributed by atoms with van der Waals surface area (Å²) < 4.78 is 16.9. The summed E-state index contributed by atoms with van der Waals surface area (Å²) in [5, 5.41) is 0. The van der Waals surface area contributed by atoms with Crippen LogP contribution in [0.1, 0.15) is 303 Å². The molecular weight excluding hydrogens is 901 g/mol. The molecule has 0 radical (unpaired) electrons. The fourth-order valence-corrected chi connectivity index (χ4v) is 8.74. The smallest absolute Gasteiger partial charge is 0.306 e. The zero-order valence-electron chi connectivity index (χ0n) is 48.1. The zero-order valence-corrected chi connectivity index (χ0v) is 48.1. The number of hydrogen-bond donors (Lipinski definition) is 0. The molecule has 0 N–H and O–H groups in total. The molecule has 0 aliphatic carbocycles. The van der Waals surface area contributed by atoms with Crippen molar-refractivity contribution < 1.29 is 28.6 Å². The van der Waals surface area contributed by atoms with Gasteiger partial charge >= 0.3 is 17.9 Å². The van der Waals surface area contributed by atoms with Crippen molar-refractivity contribution in [3.8, 4) is 0 Å². The maximum Gasteiger partial charge on any atom is 0.306 e. The molecule has 0 aromatic heterocycles. The van der Waals surface area contributed by atoms with E-state index in [1.54, 1.807) is 0 Å². The van der Waals surface area contributed by atoms with Crippen LogP contribution in [-0.4, -0.2) is 37.2 Å². The Hall–Kier alpha value is -3.41. The topological polar surface area (TPSA) is 78.9 Å². The van der Waals surface area contributed by atoms with Crippen LogP contribution in [-0.2, 0) is 28.6 Å². The molecule has 0 aromatic rings. The molecule has 0 aromatic carbocycles. The van der Waals surface area contributed by atoms with E-state index in [1.807, 2.05) is 0 Å². The molecule has 0 amide bonds. The minimum atomic E-state index is -0.801. The Labute approximate surface area is 452 Å². The fourth-order valence-electron chi connectivity index (χ4n) is 8.74. The normalized spacial score (nSPS) is 12.6. The summed E-state index contributed by atoms with van der Waals surface area (Å²) in [6.07, 6.45) is 80.1. The van der Waals surface area contributed by atoms with Crippen molar-refractivity contribution in [1.82, 2.24) is 0 Å². The Bertz CT molecular complexity index is 1400. The first-order valence-electron chi connectivity index (χ1n) is 31.1. The van der Waals surface area contributed by atoms with Gasteiger partial charge < -0.3 is 14.2 Å². The highest BCUT2D eigenvalue weighted by atomic mass is 16.6. The van der Waals surface area contributed by atoms with Crippen LogP contribution in [0.3, 0.4) is 0 Å². The van der Waals surface area contributed by atoms with Crippen LogP contribution < -0.4 is 0 Å². The minimum absolute atomic E-state index is 0.0930. The van der Waals surface area contributed by atoms with Crippen molar-refractivity contribution >= 4 is 17.9 Å².